The van der Waals surface area contributed by atoms with Gasteiger partial charge in [-0.2, -0.15) is 0 Å². The Kier molecular flexibility index (Phi) is 6.75. The summed E-state index contributed by atoms with van der Waals surface area (Å²) in [6.07, 6.45) is 14.3. The third-order valence-electron chi connectivity index (χ3n) is 11.1. The maximum Gasteiger partial charge on any atom is 0.204 e. The van der Waals surface area contributed by atoms with Crippen LogP contribution in [0.1, 0.15) is 116 Å². The zero-order valence-corrected chi connectivity index (χ0v) is 26.0. The first-order chi connectivity index (χ1) is 20.2. The summed E-state index contributed by atoms with van der Waals surface area (Å²) in [4.78, 5) is 34.1. The fourth-order valence-electron chi connectivity index (χ4n) is 9.00. The molecular formula is C38H46N2O2. The Balaban J connectivity index is 1.49. The second-order valence-electron chi connectivity index (χ2n) is 14.4. The molecule has 2 fully saturated rings. The van der Waals surface area contributed by atoms with E-state index in [1.165, 1.54) is 73.9 Å². The molecule has 2 heterocycles. The van der Waals surface area contributed by atoms with Gasteiger partial charge >= 0.3 is 0 Å². The van der Waals surface area contributed by atoms with Crippen LogP contribution in [0.5, 0.6) is 0 Å². The van der Waals surface area contributed by atoms with Gasteiger partial charge in [0.05, 0.1) is 10.4 Å². The third-order valence-corrected chi connectivity index (χ3v) is 11.1. The maximum absolute atomic E-state index is 14.6. The summed E-state index contributed by atoms with van der Waals surface area (Å²) < 4.78 is 0. The van der Waals surface area contributed by atoms with Crippen LogP contribution in [0.2, 0.25) is 0 Å². The topological polar surface area (TPSA) is 40.6 Å². The van der Waals surface area contributed by atoms with Gasteiger partial charge in [-0.25, -0.2) is 0 Å². The molecule has 0 amide bonds. The van der Waals surface area contributed by atoms with Gasteiger partial charge in [0.15, 0.2) is 0 Å². The van der Waals surface area contributed by atoms with Crippen molar-refractivity contribution in [2.45, 2.75) is 128 Å². The van der Waals surface area contributed by atoms with Gasteiger partial charge in [-0.05, 0) is 48.9 Å². The van der Waals surface area contributed by atoms with Crippen LogP contribution in [-0.2, 0) is 10.8 Å². The SMILES string of the molecule is CC1(C)C(=c2c(=O)c(=C3N(C4CCCCCC4)c4ccccc4C3(C)C)c2=O)N(C2CCCCCC2)c2ccccc21. The van der Waals surface area contributed by atoms with Crippen molar-refractivity contribution in [3.63, 3.8) is 0 Å². The molecular weight excluding hydrogens is 516 g/mol. The fraction of sp³-hybridized carbons (Fsp3) is 0.526. The molecule has 220 valence electrons. The average molecular weight is 563 g/mol. The minimum Gasteiger partial charge on any atom is -0.340 e. The first kappa shape index (κ1) is 27.7. The summed E-state index contributed by atoms with van der Waals surface area (Å²) in [6, 6.07) is 17.9. The number of benzene rings is 2. The lowest BCUT2D eigenvalue weighted by molar-refractivity contribution is 0.558. The van der Waals surface area contributed by atoms with Crippen LogP contribution in [0.15, 0.2) is 58.1 Å². The number of hydrogen-bond donors (Lipinski definition) is 0. The van der Waals surface area contributed by atoms with Gasteiger partial charge in [0, 0.05) is 45.7 Å². The standard InChI is InChI=1S/C38H46N2O2/c1-37(2)27-21-13-15-23-29(27)39(25-17-9-5-6-10-18-25)35(37)31-33(41)32(34(31)42)36-38(3,4)28-22-14-16-24-30(28)40(36)26-19-11-7-8-12-20-26/h13-16,21-26H,5-12,17-20H2,1-4H3. The molecule has 0 unspecified atom stereocenters. The normalized spacial score (nSPS) is 22.8. The quantitative estimate of drug-likeness (QED) is 0.333. The highest BCUT2D eigenvalue weighted by molar-refractivity contribution is 5.89. The van der Waals surface area contributed by atoms with Gasteiger partial charge in [-0.1, -0.05) is 115 Å². The lowest BCUT2D eigenvalue weighted by atomic mass is 9.80. The molecule has 3 aromatic carbocycles. The molecule has 0 radical (unpaired) electrons. The van der Waals surface area contributed by atoms with E-state index >= 15 is 0 Å². The Morgan fingerprint density at radius 1 is 0.524 bits per heavy atom. The molecule has 42 heavy (non-hydrogen) atoms. The van der Waals surface area contributed by atoms with E-state index in [9.17, 15) is 9.59 Å². The monoisotopic (exact) mass is 562 g/mol. The van der Waals surface area contributed by atoms with E-state index in [4.69, 9.17) is 0 Å². The summed E-state index contributed by atoms with van der Waals surface area (Å²) in [5.41, 5.74) is 5.84. The van der Waals surface area contributed by atoms with Crippen molar-refractivity contribution in [2.24, 2.45) is 0 Å². The van der Waals surface area contributed by atoms with E-state index in [2.05, 4.69) is 86.0 Å². The highest BCUT2D eigenvalue weighted by Gasteiger charge is 2.47. The molecule has 0 N–H and O–H groups in total. The Bertz CT molecular complexity index is 1550. The molecule has 2 aliphatic carbocycles. The van der Waals surface area contributed by atoms with Crippen LogP contribution in [0, 0.1) is 0 Å². The lowest BCUT2D eigenvalue weighted by Gasteiger charge is -2.35. The maximum atomic E-state index is 14.6. The zero-order chi connectivity index (χ0) is 29.2. The van der Waals surface area contributed by atoms with Gasteiger partial charge in [-0.15, -0.1) is 0 Å². The van der Waals surface area contributed by atoms with Crippen molar-refractivity contribution in [3.05, 3.63) is 90.5 Å². The number of nitrogens with zero attached hydrogens (tertiary/aromatic N) is 2. The number of hydrogen-bond acceptors (Lipinski definition) is 4. The molecule has 0 bridgehead atoms. The summed E-state index contributed by atoms with van der Waals surface area (Å²) in [5, 5.41) is 0.881. The lowest BCUT2D eigenvalue weighted by Crippen LogP contribution is -2.69. The van der Waals surface area contributed by atoms with Gasteiger partial charge in [0.25, 0.3) is 0 Å². The van der Waals surface area contributed by atoms with Crippen LogP contribution in [0.4, 0.5) is 11.4 Å². The largest absolute Gasteiger partial charge is 0.340 e. The second kappa shape index (κ2) is 10.2. The van der Waals surface area contributed by atoms with E-state index in [1.807, 2.05) is 0 Å². The fourth-order valence-corrected chi connectivity index (χ4v) is 9.00. The van der Waals surface area contributed by atoms with Crippen LogP contribution in [0.3, 0.4) is 0 Å². The number of para-hydroxylation sites is 2. The predicted octanol–water partition coefficient (Wildman–Crippen LogP) is 6.54. The van der Waals surface area contributed by atoms with Gasteiger partial charge < -0.3 is 9.80 Å². The zero-order valence-electron chi connectivity index (χ0n) is 26.0. The molecule has 0 spiro atoms. The average Bonchev–Trinajstić information content (AvgIpc) is 3.24. The highest BCUT2D eigenvalue weighted by Crippen LogP contribution is 2.51. The van der Waals surface area contributed by atoms with Gasteiger partial charge in [-0.3, -0.25) is 9.59 Å². The Morgan fingerprint density at radius 3 is 1.21 bits per heavy atom. The van der Waals surface area contributed by atoms with Crippen molar-refractivity contribution in [3.8, 4) is 0 Å². The smallest absolute Gasteiger partial charge is 0.204 e. The van der Waals surface area contributed by atoms with E-state index in [-0.39, 0.29) is 10.9 Å². The molecule has 2 saturated carbocycles. The Morgan fingerprint density at radius 2 is 0.857 bits per heavy atom. The molecule has 4 heteroatoms. The van der Waals surface area contributed by atoms with Crippen LogP contribution < -0.4 is 31.1 Å². The number of rotatable bonds is 2. The van der Waals surface area contributed by atoms with Gasteiger partial charge in [0.1, 0.15) is 0 Å². The molecule has 4 nitrogen and oxygen atoms in total. The van der Waals surface area contributed by atoms with Crippen molar-refractivity contribution in [1.82, 2.24) is 0 Å². The summed E-state index contributed by atoms with van der Waals surface area (Å²) in [7, 11) is 0. The van der Waals surface area contributed by atoms with E-state index in [0.29, 0.717) is 22.5 Å². The molecule has 0 saturated heterocycles. The molecule has 7 rings (SSSR count). The minimum absolute atomic E-state index is 0.0380. The second-order valence-corrected chi connectivity index (χ2v) is 14.4. The first-order valence-corrected chi connectivity index (χ1v) is 16.6. The third kappa shape index (κ3) is 4.00. The van der Waals surface area contributed by atoms with E-state index < -0.39 is 10.8 Å². The summed E-state index contributed by atoms with van der Waals surface area (Å²) in [6.45, 7) is 8.85. The Labute approximate surface area is 250 Å². The predicted molar refractivity (Wildman–Crippen MR) is 174 cm³/mol. The van der Waals surface area contributed by atoms with Crippen LogP contribution >= 0.6 is 0 Å². The molecule has 0 aromatic heterocycles. The van der Waals surface area contributed by atoms with E-state index in [1.54, 1.807) is 0 Å². The first-order valence-electron chi connectivity index (χ1n) is 16.6. The molecule has 4 aliphatic rings. The van der Waals surface area contributed by atoms with Crippen molar-refractivity contribution in [2.75, 3.05) is 9.80 Å². The molecule has 2 aliphatic heterocycles. The minimum atomic E-state index is -0.408. The summed E-state index contributed by atoms with van der Waals surface area (Å²) in [5.74, 6) is 0. The Hall–Kier alpha value is -3.14. The highest BCUT2D eigenvalue weighted by atomic mass is 16.1. The van der Waals surface area contributed by atoms with Crippen molar-refractivity contribution < 1.29 is 0 Å². The molecule has 3 aromatic rings. The van der Waals surface area contributed by atoms with Crippen molar-refractivity contribution >= 4 is 22.8 Å². The van der Waals surface area contributed by atoms with Crippen LogP contribution in [-0.4, -0.2) is 12.1 Å². The number of fused-ring (bicyclic) bond motifs is 2. The molecule has 0 atom stereocenters. The van der Waals surface area contributed by atoms with E-state index in [0.717, 1.165) is 37.1 Å². The number of anilines is 2. The summed E-state index contributed by atoms with van der Waals surface area (Å²) >= 11 is 0. The van der Waals surface area contributed by atoms with Crippen LogP contribution in [0.25, 0.3) is 11.4 Å². The van der Waals surface area contributed by atoms with Gasteiger partial charge in [0.2, 0.25) is 10.9 Å². The van der Waals surface area contributed by atoms with Crippen molar-refractivity contribution in [1.29, 1.82) is 0 Å².